The largest absolute Gasteiger partial charge is 0.492 e. The van der Waals surface area contributed by atoms with E-state index in [1.807, 2.05) is 31.2 Å². The van der Waals surface area contributed by atoms with Gasteiger partial charge in [-0.2, -0.15) is 0 Å². The van der Waals surface area contributed by atoms with E-state index in [0.717, 1.165) is 31.4 Å². The van der Waals surface area contributed by atoms with Crippen LogP contribution in [0.15, 0.2) is 36.4 Å². The first kappa shape index (κ1) is 21.8. The number of allylic oxidation sites excluding steroid dienone is 1. The molecule has 2 rings (SSSR count). The Labute approximate surface area is 167 Å². The van der Waals surface area contributed by atoms with Crippen LogP contribution >= 0.6 is 0 Å². The summed E-state index contributed by atoms with van der Waals surface area (Å²) in [7, 11) is 0. The van der Waals surface area contributed by atoms with Crippen LogP contribution in [0.5, 0.6) is 5.75 Å². The fraction of sp³-hybridized carbons (Fsp3) is 0.545. The molecule has 0 radical (unpaired) electrons. The van der Waals surface area contributed by atoms with Gasteiger partial charge < -0.3 is 19.5 Å². The molecule has 1 fully saturated rings. The minimum Gasteiger partial charge on any atom is -0.492 e. The summed E-state index contributed by atoms with van der Waals surface area (Å²) in [6.07, 6.45) is 7.93. The van der Waals surface area contributed by atoms with Crippen LogP contribution in [-0.2, 0) is 20.7 Å². The second kappa shape index (κ2) is 12.1. The smallest absolute Gasteiger partial charge is 0.407 e. The number of esters is 1. The molecule has 1 amide bonds. The molecule has 0 unspecified atom stereocenters. The van der Waals surface area contributed by atoms with Crippen molar-refractivity contribution in [2.75, 3.05) is 19.8 Å². The molecule has 1 aliphatic rings. The van der Waals surface area contributed by atoms with Crippen LogP contribution in [-0.4, -0.2) is 37.9 Å². The molecular weight excluding hydrogens is 358 g/mol. The Kier molecular flexibility index (Phi) is 9.39. The Morgan fingerprint density at radius 1 is 1.18 bits per heavy atom. The van der Waals surface area contributed by atoms with Gasteiger partial charge in [-0.15, -0.1) is 0 Å². The molecule has 0 aliphatic heterocycles. The molecule has 1 aromatic carbocycles. The van der Waals surface area contributed by atoms with Crippen molar-refractivity contribution in [1.29, 1.82) is 0 Å². The van der Waals surface area contributed by atoms with Crippen molar-refractivity contribution in [2.24, 2.45) is 5.92 Å². The molecule has 0 bridgehead atoms. The number of rotatable bonds is 9. The number of benzene rings is 1. The van der Waals surface area contributed by atoms with Crippen LogP contribution < -0.4 is 10.1 Å². The predicted octanol–water partition coefficient (Wildman–Crippen LogP) is 4.03. The number of carbonyl (C=O) groups is 2. The molecule has 2 atom stereocenters. The first-order valence-corrected chi connectivity index (χ1v) is 10.1. The number of nitrogens with one attached hydrogen (secondary N) is 1. The van der Waals surface area contributed by atoms with Gasteiger partial charge in [0.05, 0.1) is 13.2 Å². The van der Waals surface area contributed by atoms with Gasteiger partial charge in [0, 0.05) is 6.08 Å². The first-order chi connectivity index (χ1) is 13.6. The van der Waals surface area contributed by atoms with Gasteiger partial charge in [-0.3, -0.25) is 0 Å². The van der Waals surface area contributed by atoms with E-state index in [-0.39, 0.29) is 12.1 Å². The monoisotopic (exact) mass is 389 g/mol. The lowest BCUT2D eigenvalue weighted by Crippen LogP contribution is -2.31. The summed E-state index contributed by atoms with van der Waals surface area (Å²) < 4.78 is 16.1. The highest BCUT2D eigenvalue weighted by Crippen LogP contribution is 2.30. The Morgan fingerprint density at radius 2 is 1.93 bits per heavy atom. The lowest BCUT2D eigenvalue weighted by atomic mass is 9.82. The number of hydrogen-bond acceptors (Lipinski definition) is 5. The Hall–Kier alpha value is -2.50. The molecule has 0 heterocycles. The minimum absolute atomic E-state index is 0.0117. The summed E-state index contributed by atoms with van der Waals surface area (Å²) in [5, 5.41) is 2.62. The maximum absolute atomic E-state index is 11.8. The van der Waals surface area contributed by atoms with Crippen molar-refractivity contribution in [3.8, 4) is 5.75 Å². The van der Waals surface area contributed by atoms with E-state index < -0.39 is 6.09 Å². The maximum Gasteiger partial charge on any atom is 0.407 e. The van der Waals surface area contributed by atoms with Crippen molar-refractivity contribution in [1.82, 2.24) is 5.32 Å². The van der Waals surface area contributed by atoms with Gasteiger partial charge in [-0.05, 0) is 63.1 Å². The molecule has 6 heteroatoms. The first-order valence-electron chi connectivity index (χ1n) is 10.1. The van der Waals surface area contributed by atoms with Crippen LogP contribution in [0, 0.1) is 5.92 Å². The van der Waals surface area contributed by atoms with Crippen LogP contribution in [0.25, 0.3) is 0 Å². The van der Waals surface area contributed by atoms with Crippen LogP contribution in [0.3, 0.4) is 0 Å². The number of amides is 1. The summed E-state index contributed by atoms with van der Waals surface area (Å²) in [4.78, 5) is 23.0. The van der Waals surface area contributed by atoms with E-state index >= 15 is 0 Å². The second-order valence-corrected chi connectivity index (χ2v) is 6.86. The van der Waals surface area contributed by atoms with Crippen molar-refractivity contribution < 1.29 is 23.8 Å². The Morgan fingerprint density at radius 3 is 2.64 bits per heavy atom. The fourth-order valence-corrected chi connectivity index (χ4v) is 3.42. The fourth-order valence-electron chi connectivity index (χ4n) is 3.42. The predicted molar refractivity (Wildman–Crippen MR) is 107 cm³/mol. The average Bonchev–Trinajstić information content (AvgIpc) is 2.68. The third kappa shape index (κ3) is 7.62. The number of hydrogen-bond donors (Lipinski definition) is 1. The normalized spacial score (nSPS) is 19.2. The third-order valence-electron chi connectivity index (χ3n) is 4.75. The molecule has 154 valence electrons. The quantitative estimate of drug-likeness (QED) is 0.392. The highest BCUT2D eigenvalue weighted by molar-refractivity contribution is 5.81. The summed E-state index contributed by atoms with van der Waals surface area (Å²) >= 11 is 0. The Balaban J connectivity index is 1.80. The average molecular weight is 389 g/mol. The Bertz CT molecular complexity index is 641. The molecule has 0 aromatic heterocycles. The van der Waals surface area contributed by atoms with Crippen LogP contribution in [0.4, 0.5) is 4.79 Å². The van der Waals surface area contributed by atoms with E-state index in [9.17, 15) is 9.59 Å². The van der Waals surface area contributed by atoms with Gasteiger partial charge in [0.1, 0.15) is 18.5 Å². The third-order valence-corrected chi connectivity index (χ3v) is 4.75. The van der Waals surface area contributed by atoms with Gasteiger partial charge in [0.2, 0.25) is 0 Å². The summed E-state index contributed by atoms with van der Waals surface area (Å²) in [5.74, 6) is 0.859. The minimum atomic E-state index is -0.432. The van der Waals surface area contributed by atoms with Crippen molar-refractivity contribution >= 4 is 12.1 Å². The zero-order valence-electron chi connectivity index (χ0n) is 16.8. The summed E-state index contributed by atoms with van der Waals surface area (Å²) in [6, 6.07) is 7.97. The molecular formula is C22H31NO5. The van der Waals surface area contributed by atoms with E-state index in [0.29, 0.717) is 25.7 Å². The highest BCUT2D eigenvalue weighted by Gasteiger charge is 2.27. The standard InChI is InChI=1S/C22H31NO5/c1-3-7-21(24)28-20-9-6-5-8-18(20)16-17-10-12-19(13-11-17)27-15-14-23-22(25)26-4-2/h3,7,10-13,18,20H,4-6,8-9,14-16H2,1-2H3,(H,23,25)/b7-3+/t18-,20-/m1/s1. The van der Waals surface area contributed by atoms with Crippen LogP contribution in [0.2, 0.25) is 0 Å². The second-order valence-electron chi connectivity index (χ2n) is 6.86. The van der Waals surface area contributed by atoms with E-state index in [1.54, 1.807) is 13.0 Å². The number of ether oxygens (including phenoxy) is 3. The van der Waals surface area contributed by atoms with Crippen molar-refractivity contribution in [2.45, 2.75) is 52.1 Å². The molecule has 1 saturated carbocycles. The lowest BCUT2D eigenvalue weighted by molar-refractivity contribution is -0.147. The van der Waals surface area contributed by atoms with Gasteiger partial charge in [-0.25, -0.2) is 9.59 Å². The number of alkyl carbamates (subject to hydrolysis) is 1. The van der Waals surface area contributed by atoms with Gasteiger partial charge in [0.25, 0.3) is 0 Å². The molecule has 1 aromatic rings. The van der Waals surface area contributed by atoms with E-state index in [1.165, 1.54) is 18.1 Å². The van der Waals surface area contributed by atoms with Gasteiger partial charge in [0.15, 0.2) is 0 Å². The van der Waals surface area contributed by atoms with E-state index in [2.05, 4.69) is 5.32 Å². The zero-order valence-corrected chi connectivity index (χ0v) is 16.8. The van der Waals surface area contributed by atoms with Crippen molar-refractivity contribution in [3.63, 3.8) is 0 Å². The summed E-state index contributed by atoms with van der Waals surface area (Å²) in [5.41, 5.74) is 1.20. The topological polar surface area (TPSA) is 73.9 Å². The highest BCUT2D eigenvalue weighted by atomic mass is 16.5. The molecule has 28 heavy (non-hydrogen) atoms. The molecule has 1 aliphatic carbocycles. The summed E-state index contributed by atoms with van der Waals surface area (Å²) in [6.45, 7) is 4.70. The molecule has 1 N–H and O–H groups in total. The lowest BCUT2D eigenvalue weighted by Gasteiger charge is -2.31. The van der Waals surface area contributed by atoms with Crippen molar-refractivity contribution in [3.05, 3.63) is 42.0 Å². The van der Waals surface area contributed by atoms with E-state index in [4.69, 9.17) is 14.2 Å². The van der Waals surface area contributed by atoms with Gasteiger partial charge in [-0.1, -0.05) is 24.6 Å². The zero-order chi connectivity index (χ0) is 20.2. The number of carbonyl (C=O) groups excluding carboxylic acids is 2. The SMILES string of the molecule is C/C=C/C(=O)O[C@@H]1CCCC[C@@H]1Cc1ccc(OCCNC(=O)OCC)cc1. The maximum atomic E-state index is 11.8. The van der Waals surface area contributed by atoms with Crippen LogP contribution in [0.1, 0.15) is 45.1 Å². The molecule has 0 saturated heterocycles. The van der Waals surface area contributed by atoms with Gasteiger partial charge >= 0.3 is 12.1 Å². The molecule has 6 nitrogen and oxygen atoms in total. The molecule has 0 spiro atoms.